The maximum absolute atomic E-state index is 10.7. The lowest BCUT2D eigenvalue weighted by Crippen LogP contribution is -2.30. The molecule has 1 saturated heterocycles. The lowest BCUT2D eigenvalue weighted by molar-refractivity contribution is -0.128. The molecule has 0 aromatic heterocycles. The molecule has 15 heavy (non-hydrogen) atoms. The summed E-state index contributed by atoms with van der Waals surface area (Å²) < 4.78 is 5.01. The zero-order valence-corrected chi connectivity index (χ0v) is 10.2. The molecule has 90 valence electrons. The molecule has 0 saturated carbocycles. The SMILES string of the molecule is C1COCCN1.CCCN(CC)C(C)=O. The van der Waals surface area contributed by atoms with Gasteiger partial charge in [-0.1, -0.05) is 6.92 Å². The van der Waals surface area contributed by atoms with E-state index in [4.69, 9.17) is 4.74 Å². The minimum absolute atomic E-state index is 0.180. The molecule has 0 radical (unpaired) electrons. The quantitative estimate of drug-likeness (QED) is 0.761. The van der Waals surface area contributed by atoms with Crippen molar-refractivity contribution in [3.8, 4) is 0 Å². The monoisotopic (exact) mass is 216 g/mol. The molecular weight excluding hydrogens is 192 g/mol. The molecule has 1 amide bonds. The minimum atomic E-state index is 0.180. The molecule has 1 heterocycles. The Hall–Kier alpha value is -0.610. The second kappa shape index (κ2) is 9.93. The number of nitrogens with one attached hydrogen (secondary N) is 1. The summed E-state index contributed by atoms with van der Waals surface area (Å²) in [6, 6.07) is 0. The van der Waals surface area contributed by atoms with Crippen molar-refractivity contribution < 1.29 is 9.53 Å². The highest BCUT2D eigenvalue weighted by atomic mass is 16.5. The van der Waals surface area contributed by atoms with E-state index in [-0.39, 0.29) is 5.91 Å². The minimum Gasteiger partial charge on any atom is -0.379 e. The summed E-state index contributed by atoms with van der Waals surface area (Å²) in [5.41, 5.74) is 0. The van der Waals surface area contributed by atoms with E-state index in [1.54, 1.807) is 6.92 Å². The molecule has 0 atom stereocenters. The highest BCUT2D eigenvalue weighted by molar-refractivity contribution is 5.73. The van der Waals surface area contributed by atoms with Gasteiger partial charge in [0, 0.05) is 33.1 Å². The number of hydrogen-bond acceptors (Lipinski definition) is 3. The first-order valence-electron chi connectivity index (χ1n) is 5.76. The van der Waals surface area contributed by atoms with E-state index >= 15 is 0 Å². The van der Waals surface area contributed by atoms with E-state index in [1.807, 2.05) is 11.8 Å². The van der Waals surface area contributed by atoms with Gasteiger partial charge < -0.3 is 15.0 Å². The third-order valence-electron chi connectivity index (χ3n) is 2.17. The van der Waals surface area contributed by atoms with Crippen LogP contribution in [0.5, 0.6) is 0 Å². The molecule has 1 aliphatic heterocycles. The Morgan fingerprint density at radius 3 is 2.07 bits per heavy atom. The molecular formula is C11H24N2O2. The highest BCUT2D eigenvalue weighted by Gasteiger charge is 2.01. The van der Waals surface area contributed by atoms with E-state index in [0.717, 1.165) is 45.8 Å². The fourth-order valence-corrected chi connectivity index (χ4v) is 1.32. The van der Waals surface area contributed by atoms with Gasteiger partial charge >= 0.3 is 0 Å². The molecule has 0 aliphatic carbocycles. The molecule has 1 aliphatic rings. The molecule has 1 N–H and O–H groups in total. The average Bonchev–Trinajstić information content (AvgIpc) is 2.28. The van der Waals surface area contributed by atoms with Crippen molar-refractivity contribution in [1.29, 1.82) is 0 Å². The second-order valence-electron chi connectivity index (χ2n) is 3.46. The number of nitrogens with zero attached hydrogens (tertiary/aromatic N) is 1. The molecule has 4 nitrogen and oxygen atoms in total. The van der Waals surface area contributed by atoms with Crippen LogP contribution in [0, 0.1) is 0 Å². The van der Waals surface area contributed by atoms with Gasteiger partial charge in [-0.15, -0.1) is 0 Å². The second-order valence-corrected chi connectivity index (χ2v) is 3.46. The molecule has 4 heteroatoms. The van der Waals surface area contributed by atoms with Gasteiger partial charge in [0.25, 0.3) is 0 Å². The first-order valence-corrected chi connectivity index (χ1v) is 5.76. The average molecular weight is 216 g/mol. The molecule has 0 aromatic rings. The standard InChI is InChI=1S/C7H15NO.C4H9NO/c1-4-6-8(5-2)7(3)9;1-3-6-4-2-5-1/h4-6H2,1-3H3;5H,1-4H2. The number of carbonyl (C=O) groups is 1. The number of morpholine rings is 1. The van der Waals surface area contributed by atoms with Crippen molar-refractivity contribution in [3.05, 3.63) is 0 Å². The van der Waals surface area contributed by atoms with E-state index in [9.17, 15) is 4.79 Å². The van der Waals surface area contributed by atoms with Crippen molar-refractivity contribution in [3.63, 3.8) is 0 Å². The Bertz CT molecular complexity index is 147. The summed E-state index contributed by atoms with van der Waals surface area (Å²) in [5.74, 6) is 0.180. The van der Waals surface area contributed by atoms with E-state index in [1.165, 1.54) is 0 Å². The van der Waals surface area contributed by atoms with Gasteiger partial charge in [0.15, 0.2) is 0 Å². The maximum Gasteiger partial charge on any atom is 0.219 e. The van der Waals surface area contributed by atoms with Gasteiger partial charge in [-0.3, -0.25) is 4.79 Å². The first-order chi connectivity index (χ1) is 7.22. The van der Waals surface area contributed by atoms with E-state index in [2.05, 4.69) is 12.2 Å². The van der Waals surface area contributed by atoms with Gasteiger partial charge in [0.05, 0.1) is 13.2 Å². The van der Waals surface area contributed by atoms with Crippen LogP contribution in [-0.4, -0.2) is 50.2 Å². The van der Waals surface area contributed by atoms with Crippen LogP contribution in [0.1, 0.15) is 27.2 Å². The van der Waals surface area contributed by atoms with Crippen LogP contribution in [0.15, 0.2) is 0 Å². The predicted octanol–water partition coefficient (Wildman–Crippen LogP) is 0.871. The Morgan fingerprint density at radius 2 is 1.93 bits per heavy atom. The van der Waals surface area contributed by atoms with E-state index < -0.39 is 0 Å². The Labute approximate surface area is 93.0 Å². The van der Waals surface area contributed by atoms with Crippen LogP contribution in [-0.2, 0) is 9.53 Å². The van der Waals surface area contributed by atoms with Crippen LogP contribution in [0.3, 0.4) is 0 Å². The zero-order chi connectivity index (χ0) is 11.5. The van der Waals surface area contributed by atoms with Crippen LogP contribution < -0.4 is 5.32 Å². The number of ether oxygens (including phenoxy) is 1. The van der Waals surface area contributed by atoms with Gasteiger partial charge in [0.2, 0.25) is 5.91 Å². The molecule has 0 spiro atoms. The largest absolute Gasteiger partial charge is 0.379 e. The third kappa shape index (κ3) is 8.39. The Morgan fingerprint density at radius 1 is 1.33 bits per heavy atom. The normalized spacial score (nSPS) is 15.1. The predicted molar refractivity (Wildman–Crippen MR) is 61.9 cm³/mol. The molecule has 1 rings (SSSR count). The summed E-state index contributed by atoms with van der Waals surface area (Å²) in [5, 5.41) is 3.16. The van der Waals surface area contributed by atoms with Crippen molar-refractivity contribution >= 4 is 5.91 Å². The molecule has 0 unspecified atom stereocenters. The number of carbonyl (C=O) groups excluding carboxylic acids is 1. The third-order valence-corrected chi connectivity index (χ3v) is 2.17. The van der Waals surface area contributed by atoms with Crippen LogP contribution in [0.2, 0.25) is 0 Å². The van der Waals surface area contributed by atoms with Crippen molar-refractivity contribution in [2.45, 2.75) is 27.2 Å². The topological polar surface area (TPSA) is 41.6 Å². The summed E-state index contributed by atoms with van der Waals surface area (Å²) in [6.07, 6.45) is 1.05. The first kappa shape index (κ1) is 14.4. The zero-order valence-electron chi connectivity index (χ0n) is 10.2. The van der Waals surface area contributed by atoms with Crippen LogP contribution in [0.4, 0.5) is 0 Å². The number of amides is 1. The van der Waals surface area contributed by atoms with Crippen molar-refractivity contribution in [1.82, 2.24) is 10.2 Å². The Kier molecular flexibility index (Phi) is 9.52. The van der Waals surface area contributed by atoms with Gasteiger partial charge in [-0.2, -0.15) is 0 Å². The van der Waals surface area contributed by atoms with Gasteiger partial charge in [-0.05, 0) is 13.3 Å². The highest BCUT2D eigenvalue weighted by Crippen LogP contribution is 1.89. The summed E-state index contributed by atoms with van der Waals surface area (Å²) in [4.78, 5) is 12.5. The summed E-state index contributed by atoms with van der Waals surface area (Å²) >= 11 is 0. The van der Waals surface area contributed by atoms with Crippen LogP contribution in [0.25, 0.3) is 0 Å². The van der Waals surface area contributed by atoms with Crippen LogP contribution >= 0.6 is 0 Å². The fourth-order valence-electron chi connectivity index (χ4n) is 1.32. The van der Waals surface area contributed by atoms with Crippen molar-refractivity contribution in [2.24, 2.45) is 0 Å². The molecule has 1 fully saturated rings. The fraction of sp³-hybridized carbons (Fsp3) is 0.909. The lowest BCUT2D eigenvalue weighted by atomic mass is 10.4. The van der Waals surface area contributed by atoms with E-state index in [0.29, 0.717) is 0 Å². The van der Waals surface area contributed by atoms with Gasteiger partial charge in [-0.25, -0.2) is 0 Å². The summed E-state index contributed by atoms with van der Waals surface area (Å²) in [7, 11) is 0. The molecule has 0 aromatic carbocycles. The molecule has 0 bridgehead atoms. The Balaban J connectivity index is 0.000000280. The maximum atomic E-state index is 10.7. The lowest BCUT2D eigenvalue weighted by Gasteiger charge is -2.16. The van der Waals surface area contributed by atoms with Gasteiger partial charge in [0.1, 0.15) is 0 Å². The smallest absolute Gasteiger partial charge is 0.219 e. The number of hydrogen-bond donors (Lipinski definition) is 1. The van der Waals surface area contributed by atoms with Crippen molar-refractivity contribution in [2.75, 3.05) is 39.4 Å². The number of rotatable bonds is 3. The summed E-state index contributed by atoms with van der Waals surface area (Å²) in [6.45, 7) is 11.2.